The average molecular weight is 585 g/mol. The van der Waals surface area contributed by atoms with Crippen molar-refractivity contribution in [1.82, 2.24) is 9.55 Å². The Morgan fingerprint density at radius 3 is 1.88 bits per heavy atom. The van der Waals surface area contributed by atoms with Crippen molar-refractivity contribution in [2.45, 2.75) is 32.6 Å². The first-order chi connectivity index (χ1) is 19.9. The lowest BCUT2D eigenvalue weighted by Gasteiger charge is -2.24. The van der Waals surface area contributed by atoms with Gasteiger partial charge >= 0.3 is 5.97 Å². The number of rotatable bonds is 5. The van der Waals surface area contributed by atoms with Gasteiger partial charge < -0.3 is 4.74 Å². The van der Waals surface area contributed by atoms with Crippen LogP contribution in [0, 0.1) is 40.8 Å². The Hall–Kier alpha value is -4.67. The van der Waals surface area contributed by atoms with E-state index in [0.717, 1.165) is 47.0 Å². The van der Waals surface area contributed by atoms with Crippen LogP contribution >= 0.6 is 0 Å². The van der Waals surface area contributed by atoms with Gasteiger partial charge in [-0.25, -0.2) is 36.1 Å². The molecule has 4 aromatic rings. The molecule has 1 aliphatic rings. The first-order valence-corrected chi connectivity index (χ1v) is 12.9. The van der Waals surface area contributed by atoms with Gasteiger partial charge in [-0.05, 0) is 55.2 Å². The summed E-state index contributed by atoms with van der Waals surface area (Å²) < 4.78 is 91.2. The van der Waals surface area contributed by atoms with Crippen LogP contribution in [0.4, 0.5) is 26.3 Å². The number of carbonyl (C=O) groups is 2. The molecule has 1 aliphatic carbocycles. The molecule has 0 radical (unpaired) electrons. The van der Waals surface area contributed by atoms with Crippen molar-refractivity contribution in [1.29, 1.82) is 0 Å². The van der Waals surface area contributed by atoms with Crippen LogP contribution in [0.15, 0.2) is 54.6 Å². The Morgan fingerprint density at radius 1 is 0.810 bits per heavy atom. The molecule has 0 spiro atoms. The lowest BCUT2D eigenvalue weighted by Crippen LogP contribution is -2.23. The number of benzene rings is 3. The summed E-state index contributed by atoms with van der Waals surface area (Å²) in [5.74, 6) is -9.41. The number of nitrogens with zero attached hydrogens (tertiary/aromatic N) is 2. The summed E-state index contributed by atoms with van der Waals surface area (Å²) in [7, 11) is 0. The molecule has 0 fully saturated rings. The summed E-state index contributed by atoms with van der Waals surface area (Å²) in [4.78, 5) is 31.2. The number of halogens is 6. The smallest absolute Gasteiger partial charge is 0.346 e. The number of fused-ring (bicyclic) bond motifs is 1. The zero-order valence-electron chi connectivity index (χ0n) is 22.2. The van der Waals surface area contributed by atoms with E-state index in [0.29, 0.717) is 42.4 Å². The molecule has 5 nitrogen and oxygen atoms in total. The summed E-state index contributed by atoms with van der Waals surface area (Å²) in [6.45, 7) is 3.83. The lowest BCUT2D eigenvalue weighted by atomic mass is 9.84. The predicted molar refractivity (Wildman–Crippen MR) is 140 cm³/mol. The molecule has 2 unspecified atom stereocenters. The standard InChI is InChI=1S/C31H22F6N2O3/c1-15-9-16(2)29-26(10-15)39(30(40)21-7-4-18(33)12-24(21)36)28(38-29)14-27(20-6-3-17(32)11-23(20)35)42-31(41)22-8-5-19(34)13-25(22)37/h3-8,11-16H,9-10H2,1-2H3/b27-14+. The summed E-state index contributed by atoms with van der Waals surface area (Å²) in [5.41, 5.74) is -0.681. The highest BCUT2D eigenvalue weighted by Gasteiger charge is 2.32. The van der Waals surface area contributed by atoms with Crippen LogP contribution in [0.25, 0.3) is 11.8 Å². The van der Waals surface area contributed by atoms with E-state index < -0.39 is 69.2 Å². The highest BCUT2D eigenvalue weighted by molar-refractivity contribution is 5.99. The molecular formula is C31H22F6N2O3. The maximum Gasteiger partial charge on any atom is 0.346 e. The third-order valence-corrected chi connectivity index (χ3v) is 6.97. The van der Waals surface area contributed by atoms with Crippen LogP contribution in [-0.4, -0.2) is 21.4 Å². The zero-order chi connectivity index (χ0) is 30.3. The molecule has 3 aromatic carbocycles. The Bertz CT molecular complexity index is 1760. The van der Waals surface area contributed by atoms with Gasteiger partial charge in [0.15, 0.2) is 0 Å². The SMILES string of the molecule is CC1Cc2c(nc(/C=C(/OC(=O)c3ccc(F)cc3F)c3ccc(F)cc3F)n2C(=O)c2ccc(F)cc2F)C(C)C1. The summed E-state index contributed by atoms with van der Waals surface area (Å²) in [6.07, 6.45) is 2.09. The number of hydrogen-bond acceptors (Lipinski definition) is 4. The minimum atomic E-state index is -1.34. The van der Waals surface area contributed by atoms with Crippen LogP contribution in [-0.2, 0) is 11.2 Å². The third-order valence-electron chi connectivity index (χ3n) is 6.97. The van der Waals surface area contributed by atoms with E-state index >= 15 is 0 Å². The summed E-state index contributed by atoms with van der Waals surface area (Å²) >= 11 is 0. The number of esters is 1. The van der Waals surface area contributed by atoms with Crippen molar-refractivity contribution >= 4 is 23.7 Å². The minimum absolute atomic E-state index is 0.0962. The molecule has 0 saturated carbocycles. The first-order valence-electron chi connectivity index (χ1n) is 12.9. The normalized spacial score (nSPS) is 16.7. The molecule has 0 amide bonds. The monoisotopic (exact) mass is 584 g/mol. The quantitative estimate of drug-likeness (QED) is 0.139. The fraction of sp³-hybridized carbons (Fsp3) is 0.194. The van der Waals surface area contributed by atoms with Gasteiger partial charge in [-0.2, -0.15) is 0 Å². The molecule has 11 heteroatoms. The molecule has 1 heterocycles. The Labute approximate surface area is 236 Å². The van der Waals surface area contributed by atoms with Crippen molar-refractivity contribution < 1.29 is 40.7 Å². The van der Waals surface area contributed by atoms with Crippen molar-refractivity contribution in [2.75, 3.05) is 0 Å². The predicted octanol–water partition coefficient (Wildman–Crippen LogP) is 7.45. The lowest BCUT2D eigenvalue weighted by molar-refractivity contribution is 0.0688. The average Bonchev–Trinajstić information content (AvgIpc) is 3.26. The van der Waals surface area contributed by atoms with Gasteiger partial charge in [-0.1, -0.05) is 13.8 Å². The second-order valence-electron chi connectivity index (χ2n) is 10.2. The van der Waals surface area contributed by atoms with E-state index in [1.165, 1.54) is 0 Å². The first kappa shape index (κ1) is 28.8. The Kier molecular flexibility index (Phi) is 7.77. The zero-order valence-corrected chi connectivity index (χ0v) is 22.2. The van der Waals surface area contributed by atoms with Crippen LogP contribution in [0.1, 0.15) is 69.7 Å². The third kappa shape index (κ3) is 5.59. The molecule has 0 aliphatic heterocycles. The molecule has 5 rings (SSSR count). The molecule has 216 valence electrons. The minimum Gasteiger partial charge on any atom is -0.422 e. The molecule has 42 heavy (non-hydrogen) atoms. The highest BCUT2D eigenvalue weighted by atomic mass is 19.2. The highest BCUT2D eigenvalue weighted by Crippen LogP contribution is 2.36. The van der Waals surface area contributed by atoms with Crippen LogP contribution in [0.2, 0.25) is 0 Å². The molecule has 0 bridgehead atoms. The Balaban J connectivity index is 1.71. The second kappa shape index (κ2) is 11.3. The fourth-order valence-corrected chi connectivity index (χ4v) is 5.10. The van der Waals surface area contributed by atoms with Gasteiger partial charge in [-0.3, -0.25) is 9.36 Å². The number of imidazole rings is 1. The van der Waals surface area contributed by atoms with E-state index in [2.05, 4.69) is 4.98 Å². The number of aromatic nitrogens is 2. The fourth-order valence-electron chi connectivity index (χ4n) is 5.10. The topological polar surface area (TPSA) is 61.2 Å². The van der Waals surface area contributed by atoms with Crippen molar-refractivity contribution in [3.05, 3.63) is 123 Å². The van der Waals surface area contributed by atoms with Crippen molar-refractivity contribution in [3.8, 4) is 0 Å². The van der Waals surface area contributed by atoms with E-state index in [1.54, 1.807) is 0 Å². The molecule has 0 saturated heterocycles. The van der Waals surface area contributed by atoms with E-state index in [1.807, 2.05) is 13.8 Å². The number of carbonyl (C=O) groups excluding carboxylic acids is 2. The van der Waals surface area contributed by atoms with Gasteiger partial charge in [0.1, 0.15) is 46.5 Å². The van der Waals surface area contributed by atoms with E-state index in [4.69, 9.17) is 4.74 Å². The summed E-state index contributed by atoms with van der Waals surface area (Å²) in [5, 5.41) is 0. The number of ether oxygens (including phenoxy) is 1. The van der Waals surface area contributed by atoms with Gasteiger partial charge in [0.2, 0.25) is 0 Å². The van der Waals surface area contributed by atoms with Gasteiger partial charge in [0, 0.05) is 35.9 Å². The van der Waals surface area contributed by atoms with Crippen molar-refractivity contribution in [2.24, 2.45) is 5.92 Å². The second-order valence-corrected chi connectivity index (χ2v) is 10.2. The molecule has 1 aromatic heterocycles. The van der Waals surface area contributed by atoms with E-state index in [-0.39, 0.29) is 17.7 Å². The van der Waals surface area contributed by atoms with Gasteiger partial charge in [0.05, 0.1) is 22.4 Å². The Morgan fingerprint density at radius 2 is 1.33 bits per heavy atom. The largest absolute Gasteiger partial charge is 0.422 e. The van der Waals surface area contributed by atoms with Crippen LogP contribution in [0.5, 0.6) is 0 Å². The van der Waals surface area contributed by atoms with Crippen LogP contribution in [0.3, 0.4) is 0 Å². The van der Waals surface area contributed by atoms with Gasteiger partial charge in [-0.15, -0.1) is 0 Å². The van der Waals surface area contributed by atoms with Crippen molar-refractivity contribution in [3.63, 3.8) is 0 Å². The van der Waals surface area contributed by atoms with E-state index in [9.17, 15) is 35.9 Å². The van der Waals surface area contributed by atoms with Gasteiger partial charge in [0.25, 0.3) is 5.91 Å². The number of hydrogen-bond donors (Lipinski definition) is 0. The molecule has 2 atom stereocenters. The molecule has 0 N–H and O–H groups in total. The maximum absolute atomic E-state index is 15.0. The molecular weight excluding hydrogens is 562 g/mol. The summed E-state index contributed by atoms with van der Waals surface area (Å²) in [6, 6.07) is 6.92. The maximum atomic E-state index is 15.0. The van der Waals surface area contributed by atoms with Crippen LogP contribution < -0.4 is 0 Å².